The topological polar surface area (TPSA) is 57.3 Å². The Bertz CT molecular complexity index is 453. The molecule has 1 amide bonds. The Labute approximate surface area is 127 Å². The standard InChI is InChI=1S/C16H26N4O/c1-3-20(4-2)16(21)15-10-14(7-9-18-15)19-12-13-6-5-8-17-11-13/h7,9-10,13,17H,3-6,8,11-12H2,1-2H3,(H,18,19). The molecule has 2 rings (SSSR count). The van der Waals surface area contributed by atoms with Gasteiger partial charge in [-0.1, -0.05) is 0 Å². The lowest BCUT2D eigenvalue weighted by Crippen LogP contribution is -2.33. The van der Waals surface area contributed by atoms with Crippen LogP contribution in [-0.4, -0.2) is 48.5 Å². The van der Waals surface area contributed by atoms with E-state index >= 15 is 0 Å². The van der Waals surface area contributed by atoms with Gasteiger partial charge in [0.15, 0.2) is 0 Å². The summed E-state index contributed by atoms with van der Waals surface area (Å²) in [6.07, 6.45) is 4.21. The molecule has 0 aliphatic carbocycles. The Hall–Kier alpha value is -1.62. The van der Waals surface area contributed by atoms with Gasteiger partial charge in [-0.2, -0.15) is 0 Å². The zero-order valence-electron chi connectivity index (χ0n) is 13.1. The van der Waals surface area contributed by atoms with Crippen molar-refractivity contribution in [1.29, 1.82) is 0 Å². The number of carbonyl (C=O) groups excluding carboxylic acids is 1. The summed E-state index contributed by atoms with van der Waals surface area (Å²) < 4.78 is 0. The van der Waals surface area contributed by atoms with Gasteiger partial charge in [-0.05, 0) is 57.8 Å². The zero-order chi connectivity index (χ0) is 15.1. The SMILES string of the molecule is CCN(CC)C(=O)c1cc(NCC2CCCNC2)ccn1. The number of aromatic nitrogens is 1. The van der Waals surface area contributed by atoms with Crippen LogP contribution in [-0.2, 0) is 0 Å². The Morgan fingerprint density at radius 2 is 2.29 bits per heavy atom. The van der Waals surface area contributed by atoms with Crippen LogP contribution in [0.25, 0.3) is 0 Å². The van der Waals surface area contributed by atoms with E-state index in [-0.39, 0.29) is 5.91 Å². The van der Waals surface area contributed by atoms with Crippen molar-refractivity contribution in [2.24, 2.45) is 5.92 Å². The number of pyridine rings is 1. The summed E-state index contributed by atoms with van der Waals surface area (Å²) >= 11 is 0. The maximum atomic E-state index is 12.3. The highest BCUT2D eigenvalue weighted by Crippen LogP contribution is 2.14. The minimum atomic E-state index is 0.00276. The van der Waals surface area contributed by atoms with E-state index in [1.165, 1.54) is 12.8 Å². The van der Waals surface area contributed by atoms with Crippen LogP contribution in [0.5, 0.6) is 0 Å². The molecule has 1 saturated heterocycles. The van der Waals surface area contributed by atoms with E-state index in [4.69, 9.17) is 0 Å². The van der Waals surface area contributed by atoms with Crippen LogP contribution < -0.4 is 10.6 Å². The number of nitrogens with one attached hydrogen (secondary N) is 2. The van der Waals surface area contributed by atoms with E-state index in [0.29, 0.717) is 24.7 Å². The van der Waals surface area contributed by atoms with E-state index < -0.39 is 0 Å². The highest BCUT2D eigenvalue weighted by atomic mass is 16.2. The van der Waals surface area contributed by atoms with Crippen LogP contribution in [0.15, 0.2) is 18.3 Å². The maximum absolute atomic E-state index is 12.3. The van der Waals surface area contributed by atoms with Crippen LogP contribution in [0.2, 0.25) is 0 Å². The van der Waals surface area contributed by atoms with Crippen LogP contribution >= 0.6 is 0 Å². The summed E-state index contributed by atoms with van der Waals surface area (Å²) in [4.78, 5) is 18.3. The average Bonchev–Trinajstić information content (AvgIpc) is 2.55. The summed E-state index contributed by atoms with van der Waals surface area (Å²) in [5, 5.41) is 6.85. The van der Waals surface area contributed by atoms with Crippen molar-refractivity contribution in [3.05, 3.63) is 24.0 Å². The van der Waals surface area contributed by atoms with E-state index in [1.807, 2.05) is 26.0 Å². The number of nitrogens with zero attached hydrogens (tertiary/aromatic N) is 2. The van der Waals surface area contributed by atoms with Gasteiger partial charge in [0.2, 0.25) is 0 Å². The molecule has 0 saturated carbocycles. The summed E-state index contributed by atoms with van der Waals surface area (Å²) in [6, 6.07) is 3.78. The lowest BCUT2D eigenvalue weighted by atomic mass is 10.00. The van der Waals surface area contributed by atoms with Crippen molar-refractivity contribution in [2.45, 2.75) is 26.7 Å². The van der Waals surface area contributed by atoms with E-state index in [9.17, 15) is 4.79 Å². The number of rotatable bonds is 6. The smallest absolute Gasteiger partial charge is 0.272 e. The summed E-state index contributed by atoms with van der Waals surface area (Å²) in [5.74, 6) is 0.664. The second kappa shape index (κ2) is 7.98. The molecule has 2 heterocycles. The van der Waals surface area contributed by atoms with Gasteiger partial charge in [0, 0.05) is 31.5 Å². The predicted molar refractivity (Wildman–Crippen MR) is 85.6 cm³/mol. The van der Waals surface area contributed by atoms with E-state index in [2.05, 4.69) is 15.6 Å². The molecule has 1 unspecified atom stereocenters. The molecule has 0 radical (unpaired) electrons. The fourth-order valence-corrected chi connectivity index (χ4v) is 2.69. The molecule has 1 fully saturated rings. The second-order valence-electron chi connectivity index (χ2n) is 5.50. The molecular formula is C16H26N4O. The minimum Gasteiger partial charge on any atom is -0.385 e. The van der Waals surface area contributed by atoms with Gasteiger partial charge in [0.25, 0.3) is 5.91 Å². The van der Waals surface area contributed by atoms with Crippen molar-refractivity contribution in [3.8, 4) is 0 Å². The monoisotopic (exact) mass is 290 g/mol. The van der Waals surface area contributed by atoms with Crippen LogP contribution in [0, 0.1) is 5.92 Å². The first-order valence-electron chi connectivity index (χ1n) is 7.94. The Kier molecular flexibility index (Phi) is 5.99. The molecule has 0 aromatic carbocycles. The largest absolute Gasteiger partial charge is 0.385 e. The summed E-state index contributed by atoms with van der Waals surface area (Å²) in [5.41, 5.74) is 1.50. The fourth-order valence-electron chi connectivity index (χ4n) is 2.69. The van der Waals surface area contributed by atoms with E-state index in [1.54, 1.807) is 11.1 Å². The molecule has 1 aliphatic heterocycles. The highest BCUT2D eigenvalue weighted by molar-refractivity contribution is 5.93. The van der Waals surface area contributed by atoms with Crippen molar-refractivity contribution in [3.63, 3.8) is 0 Å². The summed E-state index contributed by atoms with van der Waals surface area (Å²) in [6.45, 7) is 8.54. The summed E-state index contributed by atoms with van der Waals surface area (Å²) in [7, 11) is 0. The number of carbonyl (C=O) groups is 1. The lowest BCUT2D eigenvalue weighted by Gasteiger charge is -2.23. The third-order valence-electron chi connectivity index (χ3n) is 4.02. The molecule has 1 atom stereocenters. The quantitative estimate of drug-likeness (QED) is 0.841. The fraction of sp³-hybridized carbons (Fsp3) is 0.625. The first-order chi connectivity index (χ1) is 10.2. The Morgan fingerprint density at radius 3 is 2.95 bits per heavy atom. The molecule has 5 nitrogen and oxygen atoms in total. The Morgan fingerprint density at radius 1 is 1.48 bits per heavy atom. The molecule has 0 spiro atoms. The normalized spacial score (nSPS) is 18.3. The van der Waals surface area contributed by atoms with Crippen molar-refractivity contribution < 1.29 is 4.79 Å². The van der Waals surface area contributed by atoms with Gasteiger partial charge >= 0.3 is 0 Å². The Balaban J connectivity index is 1.95. The first-order valence-corrected chi connectivity index (χ1v) is 7.94. The molecule has 2 N–H and O–H groups in total. The van der Waals surface area contributed by atoms with E-state index in [0.717, 1.165) is 25.3 Å². The van der Waals surface area contributed by atoms with Gasteiger partial charge in [-0.25, -0.2) is 0 Å². The van der Waals surface area contributed by atoms with Crippen molar-refractivity contribution >= 4 is 11.6 Å². The minimum absolute atomic E-state index is 0.00276. The second-order valence-corrected chi connectivity index (χ2v) is 5.50. The number of hydrogen-bond acceptors (Lipinski definition) is 4. The van der Waals surface area contributed by atoms with Crippen LogP contribution in [0.4, 0.5) is 5.69 Å². The lowest BCUT2D eigenvalue weighted by molar-refractivity contribution is 0.0767. The van der Waals surface area contributed by atoms with Crippen molar-refractivity contribution in [1.82, 2.24) is 15.2 Å². The molecule has 1 aromatic heterocycles. The van der Waals surface area contributed by atoms with Gasteiger partial charge in [-0.15, -0.1) is 0 Å². The molecule has 1 aromatic rings. The van der Waals surface area contributed by atoms with Gasteiger partial charge in [0.05, 0.1) is 0 Å². The zero-order valence-corrected chi connectivity index (χ0v) is 13.1. The van der Waals surface area contributed by atoms with Gasteiger partial charge < -0.3 is 15.5 Å². The maximum Gasteiger partial charge on any atom is 0.272 e. The van der Waals surface area contributed by atoms with Crippen molar-refractivity contribution in [2.75, 3.05) is 38.0 Å². The number of piperidine rings is 1. The molecule has 0 bridgehead atoms. The first kappa shape index (κ1) is 15.8. The molecule has 116 valence electrons. The number of amides is 1. The van der Waals surface area contributed by atoms with Gasteiger partial charge in [-0.3, -0.25) is 9.78 Å². The number of hydrogen-bond donors (Lipinski definition) is 2. The third-order valence-corrected chi connectivity index (χ3v) is 4.02. The molecule has 5 heteroatoms. The molecule has 21 heavy (non-hydrogen) atoms. The number of anilines is 1. The predicted octanol–water partition coefficient (Wildman–Crippen LogP) is 1.98. The third kappa shape index (κ3) is 4.43. The average molecular weight is 290 g/mol. The van der Waals surface area contributed by atoms with Crippen LogP contribution in [0.3, 0.4) is 0 Å². The highest BCUT2D eigenvalue weighted by Gasteiger charge is 2.15. The molecular weight excluding hydrogens is 264 g/mol. The molecule has 1 aliphatic rings. The van der Waals surface area contributed by atoms with Crippen LogP contribution in [0.1, 0.15) is 37.2 Å². The van der Waals surface area contributed by atoms with Gasteiger partial charge in [0.1, 0.15) is 5.69 Å².